The molecule has 102 valence electrons. The molecule has 6 heteroatoms. The van der Waals surface area contributed by atoms with Gasteiger partial charge in [-0.15, -0.1) is 11.3 Å². The summed E-state index contributed by atoms with van der Waals surface area (Å²) in [6.45, 7) is 4.10. The van der Waals surface area contributed by atoms with Crippen LogP contribution >= 0.6 is 27.3 Å². The molecule has 3 N–H and O–H groups in total. The predicted octanol–water partition coefficient (Wildman–Crippen LogP) is 4.40. The van der Waals surface area contributed by atoms with Crippen LogP contribution in [0.25, 0.3) is 10.2 Å². The molecule has 1 aromatic carbocycles. The lowest BCUT2D eigenvalue weighted by molar-refractivity contribution is 1.24. The Balaban J connectivity index is 2.10. The molecule has 0 saturated carbocycles. The highest BCUT2D eigenvalue weighted by molar-refractivity contribution is 9.10. The molecule has 0 bridgehead atoms. The monoisotopic (exact) mass is 348 g/mol. The largest absolute Gasteiger partial charge is 0.368 e. The van der Waals surface area contributed by atoms with Gasteiger partial charge in [0.15, 0.2) is 0 Å². The van der Waals surface area contributed by atoms with Crippen LogP contribution < -0.4 is 11.1 Å². The van der Waals surface area contributed by atoms with E-state index < -0.39 is 0 Å². The Kier molecular flexibility index (Phi) is 3.35. The Morgan fingerprint density at radius 2 is 2.00 bits per heavy atom. The van der Waals surface area contributed by atoms with Crippen LogP contribution in [-0.4, -0.2) is 9.97 Å². The molecule has 0 aliphatic heterocycles. The minimum Gasteiger partial charge on any atom is -0.368 e. The van der Waals surface area contributed by atoms with E-state index in [-0.39, 0.29) is 5.95 Å². The Morgan fingerprint density at radius 3 is 2.75 bits per heavy atom. The molecule has 0 radical (unpaired) electrons. The van der Waals surface area contributed by atoms with E-state index >= 15 is 0 Å². The molecule has 3 aromatic rings. The standard InChI is InChI=1S/C14H13BrN4S/c1-7-3-4-11(10(15)5-7)17-12-9-6-8(2)20-13(9)19-14(16)18-12/h3-6H,1-2H3,(H3,16,17,18,19). The average Bonchev–Trinajstić information content (AvgIpc) is 2.73. The molecule has 2 aromatic heterocycles. The van der Waals surface area contributed by atoms with Gasteiger partial charge in [-0.3, -0.25) is 0 Å². The fraction of sp³-hybridized carbons (Fsp3) is 0.143. The number of thiophene rings is 1. The Bertz CT molecular complexity index is 797. The first-order valence-electron chi connectivity index (χ1n) is 6.10. The number of nitrogens with two attached hydrogens (primary N) is 1. The van der Waals surface area contributed by atoms with Crippen LogP contribution in [0.3, 0.4) is 0 Å². The minimum atomic E-state index is 0.282. The first-order valence-corrected chi connectivity index (χ1v) is 7.71. The Morgan fingerprint density at radius 1 is 1.20 bits per heavy atom. The molecular formula is C14H13BrN4S. The third kappa shape index (κ3) is 2.48. The number of benzene rings is 1. The van der Waals surface area contributed by atoms with Crippen molar-refractivity contribution in [3.8, 4) is 0 Å². The molecule has 2 heterocycles. The predicted molar refractivity (Wildman–Crippen MR) is 88.7 cm³/mol. The summed E-state index contributed by atoms with van der Waals surface area (Å²) in [5.74, 6) is 1.02. The molecule has 0 amide bonds. The van der Waals surface area contributed by atoms with E-state index in [1.807, 2.05) is 19.1 Å². The second kappa shape index (κ2) is 5.03. The third-order valence-corrected chi connectivity index (χ3v) is 4.51. The van der Waals surface area contributed by atoms with E-state index in [0.717, 1.165) is 26.2 Å². The van der Waals surface area contributed by atoms with Gasteiger partial charge in [-0.1, -0.05) is 6.07 Å². The van der Waals surface area contributed by atoms with Crippen molar-refractivity contribution in [1.82, 2.24) is 9.97 Å². The van der Waals surface area contributed by atoms with Crippen LogP contribution in [0.5, 0.6) is 0 Å². The van der Waals surface area contributed by atoms with Gasteiger partial charge in [0.05, 0.1) is 11.1 Å². The zero-order valence-electron chi connectivity index (χ0n) is 11.1. The average molecular weight is 349 g/mol. The van der Waals surface area contributed by atoms with Crippen LogP contribution in [0.1, 0.15) is 10.4 Å². The maximum absolute atomic E-state index is 5.78. The highest BCUT2D eigenvalue weighted by Gasteiger charge is 2.10. The van der Waals surface area contributed by atoms with Gasteiger partial charge in [-0.05, 0) is 53.5 Å². The number of rotatable bonds is 2. The molecule has 4 nitrogen and oxygen atoms in total. The highest BCUT2D eigenvalue weighted by Crippen LogP contribution is 2.33. The van der Waals surface area contributed by atoms with Crippen LogP contribution in [0, 0.1) is 13.8 Å². The number of fused-ring (bicyclic) bond motifs is 1. The number of aromatic nitrogens is 2. The van der Waals surface area contributed by atoms with Crippen molar-refractivity contribution < 1.29 is 0 Å². The lowest BCUT2D eigenvalue weighted by atomic mass is 10.2. The Labute approximate surface area is 129 Å². The molecule has 0 atom stereocenters. The van der Waals surface area contributed by atoms with Gasteiger partial charge in [-0.2, -0.15) is 4.98 Å². The van der Waals surface area contributed by atoms with Crippen molar-refractivity contribution in [3.05, 3.63) is 39.2 Å². The maximum atomic E-state index is 5.78. The van der Waals surface area contributed by atoms with E-state index in [1.54, 1.807) is 11.3 Å². The smallest absolute Gasteiger partial charge is 0.223 e. The van der Waals surface area contributed by atoms with Crippen LogP contribution in [0.15, 0.2) is 28.7 Å². The Hall–Kier alpha value is -1.66. The van der Waals surface area contributed by atoms with Crippen molar-refractivity contribution in [3.63, 3.8) is 0 Å². The van der Waals surface area contributed by atoms with Gasteiger partial charge in [-0.25, -0.2) is 4.98 Å². The van der Waals surface area contributed by atoms with Gasteiger partial charge in [0, 0.05) is 9.35 Å². The van der Waals surface area contributed by atoms with Crippen molar-refractivity contribution in [2.45, 2.75) is 13.8 Å². The topological polar surface area (TPSA) is 63.8 Å². The van der Waals surface area contributed by atoms with Gasteiger partial charge in [0.1, 0.15) is 10.6 Å². The van der Waals surface area contributed by atoms with Crippen molar-refractivity contribution in [2.75, 3.05) is 11.1 Å². The zero-order valence-corrected chi connectivity index (χ0v) is 13.5. The summed E-state index contributed by atoms with van der Waals surface area (Å²) in [5.41, 5.74) is 7.94. The lowest BCUT2D eigenvalue weighted by Gasteiger charge is -2.09. The number of hydrogen-bond acceptors (Lipinski definition) is 5. The van der Waals surface area contributed by atoms with Gasteiger partial charge in [0.2, 0.25) is 5.95 Å². The molecule has 0 spiro atoms. The van der Waals surface area contributed by atoms with Crippen LogP contribution in [0.2, 0.25) is 0 Å². The van der Waals surface area contributed by atoms with Crippen LogP contribution in [0.4, 0.5) is 17.5 Å². The summed E-state index contributed by atoms with van der Waals surface area (Å²) in [6.07, 6.45) is 0. The summed E-state index contributed by atoms with van der Waals surface area (Å²) in [4.78, 5) is 10.7. The van der Waals surface area contributed by atoms with E-state index in [9.17, 15) is 0 Å². The number of nitrogen functional groups attached to an aromatic ring is 1. The quantitative estimate of drug-likeness (QED) is 0.720. The number of anilines is 3. The summed E-state index contributed by atoms with van der Waals surface area (Å²) in [7, 11) is 0. The van der Waals surface area contributed by atoms with Crippen LogP contribution in [-0.2, 0) is 0 Å². The first-order chi connectivity index (χ1) is 9.52. The number of aryl methyl sites for hydroxylation is 2. The summed E-state index contributed by atoms with van der Waals surface area (Å²) in [5, 5.41) is 4.32. The summed E-state index contributed by atoms with van der Waals surface area (Å²) < 4.78 is 0.995. The number of halogens is 1. The summed E-state index contributed by atoms with van der Waals surface area (Å²) in [6, 6.07) is 8.20. The van der Waals surface area contributed by atoms with E-state index in [4.69, 9.17) is 5.73 Å². The molecule has 0 saturated heterocycles. The van der Waals surface area contributed by atoms with Crippen molar-refractivity contribution in [2.24, 2.45) is 0 Å². The SMILES string of the molecule is Cc1ccc(Nc2nc(N)nc3sc(C)cc23)c(Br)c1. The molecule has 0 fully saturated rings. The molecular weight excluding hydrogens is 336 g/mol. The number of hydrogen-bond donors (Lipinski definition) is 2. The van der Waals surface area contributed by atoms with Crippen molar-refractivity contribution >= 4 is 54.9 Å². The normalized spacial score (nSPS) is 10.9. The fourth-order valence-corrected chi connectivity index (χ4v) is 3.48. The fourth-order valence-electron chi connectivity index (χ4n) is 2.00. The first kappa shape index (κ1) is 13.3. The highest BCUT2D eigenvalue weighted by atomic mass is 79.9. The van der Waals surface area contributed by atoms with Crippen molar-refractivity contribution in [1.29, 1.82) is 0 Å². The molecule has 20 heavy (non-hydrogen) atoms. The van der Waals surface area contributed by atoms with E-state index in [1.165, 1.54) is 10.4 Å². The maximum Gasteiger partial charge on any atom is 0.223 e. The van der Waals surface area contributed by atoms with Gasteiger partial charge < -0.3 is 11.1 Å². The second-order valence-corrected chi connectivity index (χ2v) is 6.70. The summed E-state index contributed by atoms with van der Waals surface area (Å²) >= 11 is 5.17. The van der Waals surface area contributed by atoms with Gasteiger partial charge >= 0.3 is 0 Å². The zero-order chi connectivity index (χ0) is 14.3. The number of nitrogens with one attached hydrogen (secondary N) is 1. The minimum absolute atomic E-state index is 0.282. The molecule has 0 aliphatic carbocycles. The number of nitrogens with zero attached hydrogens (tertiary/aromatic N) is 2. The third-order valence-electron chi connectivity index (χ3n) is 2.91. The molecule has 0 unspecified atom stereocenters. The van der Waals surface area contributed by atoms with E-state index in [0.29, 0.717) is 0 Å². The second-order valence-electron chi connectivity index (χ2n) is 4.61. The van der Waals surface area contributed by atoms with Gasteiger partial charge in [0.25, 0.3) is 0 Å². The molecule has 3 rings (SSSR count). The van der Waals surface area contributed by atoms with E-state index in [2.05, 4.69) is 50.3 Å². The molecule has 0 aliphatic rings. The lowest BCUT2D eigenvalue weighted by Crippen LogP contribution is -2.00.